The molecule has 3 aromatic heterocycles. The zero-order valence-corrected chi connectivity index (χ0v) is 27.7. The molecule has 1 aliphatic rings. The van der Waals surface area contributed by atoms with Gasteiger partial charge in [-0.25, -0.2) is 4.39 Å². The second kappa shape index (κ2) is 13.6. The number of pyridine rings is 1. The lowest BCUT2D eigenvalue weighted by molar-refractivity contribution is -0.117. The Morgan fingerprint density at radius 1 is 0.958 bits per heavy atom. The van der Waals surface area contributed by atoms with Gasteiger partial charge in [0.05, 0.1) is 23.1 Å². The number of hydrogen-bond acceptors (Lipinski definition) is 5. The number of nitrogens with one attached hydrogen (secondary N) is 3. The lowest BCUT2D eigenvalue weighted by Gasteiger charge is -2.20. The number of rotatable bonds is 10. The largest absolute Gasteiger partial charge is 0.492 e. The van der Waals surface area contributed by atoms with Crippen molar-refractivity contribution in [2.75, 3.05) is 32.6 Å². The summed E-state index contributed by atoms with van der Waals surface area (Å²) in [5, 5.41) is 12.9. The average Bonchev–Trinajstić information content (AvgIpc) is 3.68. The van der Waals surface area contributed by atoms with E-state index in [1.54, 1.807) is 12.3 Å². The quantitative estimate of drug-likeness (QED) is 0.139. The maximum Gasteiger partial charge on any atom is 0.224 e. The molecular weight excluding hydrogens is 603 g/mol. The van der Waals surface area contributed by atoms with Crippen LogP contribution in [0.5, 0.6) is 5.75 Å². The summed E-state index contributed by atoms with van der Waals surface area (Å²) in [5.41, 5.74) is 8.82. The van der Waals surface area contributed by atoms with Crippen LogP contribution in [0, 0.1) is 18.7 Å². The van der Waals surface area contributed by atoms with Gasteiger partial charge in [0.25, 0.3) is 0 Å². The molecule has 0 radical (unpaired) electrons. The number of aryl methyl sites for hydroxylation is 1. The van der Waals surface area contributed by atoms with Crippen molar-refractivity contribution in [3.05, 3.63) is 84.4 Å². The molecule has 1 amide bonds. The smallest absolute Gasteiger partial charge is 0.224 e. The highest BCUT2D eigenvalue weighted by atomic mass is 19.1. The molecule has 6 aromatic rings. The minimum absolute atomic E-state index is 0.0506. The number of carbonyl (C=O) groups excluding carboxylic acids is 1. The van der Waals surface area contributed by atoms with Crippen LogP contribution in [0.15, 0.2) is 73.1 Å². The summed E-state index contributed by atoms with van der Waals surface area (Å²) in [6.07, 6.45) is 10.1. The Hall–Kier alpha value is -5.02. The summed E-state index contributed by atoms with van der Waals surface area (Å²) in [5.74, 6) is 0.680. The van der Waals surface area contributed by atoms with E-state index >= 15 is 0 Å². The third-order valence-electron chi connectivity index (χ3n) is 9.35. The number of carbonyl (C=O) groups is 1. The predicted molar refractivity (Wildman–Crippen MR) is 191 cm³/mol. The van der Waals surface area contributed by atoms with Gasteiger partial charge in [-0.05, 0) is 104 Å². The standard InChI is InChI=1S/C39H41FN6O2/c1-24-14-36-34(20-32(24)27-17-29(23-41-22-27)42-38(47)15-25-8-5-4-6-9-25)39(45-44-36)37-21-33-31(10-7-11-35(33)43-37)26-16-28(40)19-30(18-26)48-13-12-46(2)3/h7,10-11,14,16-23,25,43H,4-6,8-9,12-13,15H2,1-3H3,(H,42,47)(H,44,45). The third-order valence-corrected chi connectivity index (χ3v) is 9.35. The molecule has 3 heterocycles. The number of aromatic nitrogens is 4. The van der Waals surface area contributed by atoms with Crippen molar-refractivity contribution < 1.29 is 13.9 Å². The minimum atomic E-state index is -0.344. The van der Waals surface area contributed by atoms with E-state index in [2.05, 4.69) is 45.5 Å². The molecule has 3 N–H and O–H groups in total. The third kappa shape index (κ3) is 6.82. The van der Waals surface area contributed by atoms with Crippen LogP contribution in [-0.2, 0) is 4.79 Å². The molecular formula is C39H41FN6O2. The molecule has 1 aliphatic carbocycles. The van der Waals surface area contributed by atoms with Crippen molar-refractivity contribution in [1.29, 1.82) is 0 Å². The molecule has 0 unspecified atom stereocenters. The van der Waals surface area contributed by atoms with Crippen molar-refractivity contribution in [2.45, 2.75) is 45.4 Å². The van der Waals surface area contributed by atoms with Gasteiger partial charge in [0.1, 0.15) is 23.9 Å². The Balaban J connectivity index is 1.19. The zero-order chi connectivity index (χ0) is 33.2. The zero-order valence-electron chi connectivity index (χ0n) is 27.7. The van der Waals surface area contributed by atoms with E-state index in [9.17, 15) is 9.18 Å². The lowest BCUT2D eigenvalue weighted by Crippen LogP contribution is -2.19. The second-order valence-electron chi connectivity index (χ2n) is 13.3. The monoisotopic (exact) mass is 644 g/mol. The predicted octanol–water partition coefficient (Wildman–Crippen LogP) is 8.74. The van der Waals surface area contributed by atoms with Gasteiger partial charge in [-0.15, -0.1) is 0 Å². The molecule has 0 spiro atoms. The Labute approximate surface area is 279 Å². The van der Waals surface area contributed by atoms with E-state index in [-0.39, 0.29) is 11.7 Å². The fourth-order valence-corrected chi connectivity index (χ4v) is 6.89. The van der Waals surface area contributed by atoms with Gasteiger partial charge in [-0.1, -0.05) is 31.4 Å². The van der Waals surface area contributed by atoms with Crippen LogP contribution in [0.4, 0.5) is 10.1 Å². The Morgan fingerprint density at radius 3 is 2.65 bits per heavy atom. The Morgan fingerprint density at radius 2 is 1.81 bits per heavy atom. The molecule has 3 aromatic carbocycles. The van der Waals surface area contributed by atoms with Crippen LogP contribution in [-0.4, -0.2) is 58.2 Å². The number of anilines is 1. The number of aromatic amines is 2. The van der Waals surface area contributed by atoms with E-state index in [1.165, 1.54) is 25.3 Å². The van der Waals surface area contributed by atoms with E-state index in [0.717, 1.165) is 80.4 Å². The summed E-state index contributed by atoms with van der Waals surface area (Å²) in [6.45, 7) is 3.27. The van der Waals surface area contributed by atoms with Gasteiger partial charge >= 0.3 is 0 Å². The molecule has 8 nitrogen and oxygen atoms in total. The number of fused-ring (bicyclic) bond motifs is 2. The Bertz CT molecular complexity index is 2090. The highest BCUT2D eigenvalue weighted by molar-refractivity contribution is 6.02. The molecule has 1 saturated carbocycles. The van der Waals surface area contributed by atoms with Crippen LogP contribution < -0.4 is 10.1 Å². The van der Waals surface area contributed by atoms with Gasteiger partial charge in [0.15, 0.2) is 0 Å². The van der Waals surface area contributed by atoms with Crippen molar-refractivity contribution >= 4 is 33.4 Å². The molecule has 0 aliphatic heterocycles. The second-order valence-corrected chi connectivity index (χ2v) is 13.3. The van der Waals surface area contributed by atoms with Crippen molar-refractivity contribution in [3.63, 3.8) is 0 Å². The van der Waals surface area contributed by atoms with Gasteiger partial charge in [-0.2, -0.15) is 5.10 Å². The first kappa shape index (κ1) is 31.6. The Kier molecular flexibility index (Phi) is 8.95. The summed E-state index contributed by atoms with van der Waals surface area (Å²) < 4.78 is 20.6. The SMILES string of the molecule is Cc1cc2[nH]nc(-c3cc4c(-c5cc(F)cc(OCCN(C)C)c5)cccc4[nH]3)c2cc1-c1cncc(NC(=O)CC2CCCCC2)c1. The number of H-pyrrole nitrogens is 2. The first-order chi connectivity index (χ1) is 23.3. The first-order valence-corrected chi connectivity index (χ1v) is 16.8. The van der Waals surface area contributed by atoms with Crippen molar-refractivity contribution in [1.82, 2.24) is 25.1 Å². The molecule has 7 rings (SSSR count). The van der Waals surface area contributed by atoms with E-state index < -0.39 is 0 Å². The number of halogens is 1. The molecule has 1 fully saturated rings. The van der Waals surface area contributed by atoms with Crippen LogP contribution in [0.1, 0.15) is 44.1 Å². The van der Waals surface area contributed by atoms with E-state index in [1.807, 2.05) is 55.5 Å². The highest BCUT2D eigenvalue weighted by Gasteiger charge is 2.19. The summed E-state index contributed by atoms with van der Waals surface area (Å²) in [7, 11) is 3.95. The topological polar surface area (TPSA) is 98.9 Å². The molecule has 48 heavy (non-hydrogen) atoms. The minimum Gasteiger partial charge on any atom is -0.492 e. The number of nitrogens with zero attached hydrogens (tertiary/aromatic N) is 3. The summed E-state index contributed by atoms with van der Waals surface area (Å²) >= 11 is 0. The first-order valence-electron chi connectivity index (χ1n) is 16.8. The van der Waals surface area contributed by atoms with E-state index in [0.29, 0.717) is 30.4 Å². The number of benzene rings is 3. The highest BCUT2D eigenvalue weighted by Crippen LogP contribution is 2.37. The van der Waals surface area contributed by atoms with E-state index in [4.69, 9.17) is 9.84 Å². The van der Waals surface area contributed by atoms with Crippen LogP contribution >= 0.6 is 0 Å². The fourth-order valence-electron chi connectivity index (χ4n) is 6.89. The normalized spacial score (nSPS) is 13.9. The lowest BCUT2D eigenvalue weighted by atomic mass is 9.87. The van der Waals surface area contributed by atoms with Gasteiger partial charge < -0.3 is 19.9 Å². The van der Waals surface area contributed by atoms with Gasteiger partial charge in [-0.3, -0.25) is 14.9 Å². The average molecular weight is 645 g/mol. The number of amides is 1. The van der Waals surface area contributed by atoms with Crippen LogP contribution in [0.25, 0.3) is 55.4 Å². The summed E-state index contributed by atoms with van der Waals surface area (Å²) in [4.78, 5) is 22.9. The molecule has 246 valence electrons. The van der Waals surface area contributed by atoms with Crippen molar-refractivity contribution in [2.24, 2.45) is 5.92 Å². The van der Waals surface area contributed by atoms with Crippen LogP contribution in [0.2, 0.25) is 0 Å². The molecule has 0 bridgehead atoms. The molecule has 0 saturated heterocycles. The molecule has 0 atom stereocenters. The van der Waals surface area contributed by atoms with Crippen LogP contribution in [0.3, 0.4) is 0 Å². The fraction of sp³-hybridized carbons (Fsp3) is 0.308. The van der Waals surface area contributed by atoms with Gasteiger partial charge in [0.2, 0.25) is 5.91 Å². The maximum atomic E-state index is 14.8. The number of likely N-dealkylation sites (N-methyl/N-ethyl adjacent to an activating group) is 1. The number of hydrogen-bond donors (Lipinski definition) is 3. The van der Waals surface area contributed by atoms with Crippen molar-refractivity contribution in [3.8, 4) is 39.4 Å². The number of ether oxygens (including phenoxy) is 1. The summed E-state index contributed by atoms with van der Waals surface area (Å²) in [6, 6.07) is 19.1. The van der Waals surface area contributed by atoms with Gasteiger partial charge in [0, 0.05) is 47.1 Å². The maximum absolute atomic E-state index is 14.8. The molecule has 9 heteroatoms.